The molecule has 0 spiro atoms. The third-order valence-corrected chi connectivity index (χ3v) is 5.15. The van der Waals surface area contributed by atoms with Crippen molar-refractivity contribution in [1.82, 2.24) is 0 Å². The minimum absolute atomic E-state index is 0.0509. The Morgan fingerprint density at radius 3 is 2.44 bits per heavy atom. The Balaban J connectivity index is 2.34. The van der Waals surface area contributed by atoms with Crippen molar-refractivity contribution >= 4 is 0 Å². The summed E-state index contributed by atoms with van der Waals surface area (Å²) in [6.07, 6.45) is 4.14. The molecule has 1 fully saturated rings. The molecule has 2 aliphatic rings. The fourth-order valence-corrected chi connectivity index (χ4v) is 3.67. The van der Waals surface area contributed by atoms with E-state index in [0.29, 0.717) is 0 Å². The van der Waals surface area contributed by atoms with Crippen LogP contribution in [-0.4, -0.2) is 33.6 Å². The SMILES string of the molecule is CC12CCC(O)C(CO)=C1CC(C(C)(C)O)CC2. The molecule has 0 aromatic rings. The maximum Gasteiger partial charge on any atom is 0.0775 e. The Morgan fingerprint density at radius 2 is 1.89 bits per heavy atom. The van der Waals surface area contributed by atoms with Crippen molar-refractivity contribution in [3.05, 3.63) is 11.1 Å². The lowest BCUT2D eigenvalue weighted by Crippen LogP contribution is -2.41. The Morgan fingerprint density at radius 1 is 1.28 bits per heavy atom. The molecule has 0 bridgehead atoms. The van der Waals surface area contributed by atoms with Crippen molar-refractivity contribution in [2.75, 3.05) is 6.61 Å². The van der Waals surface area contributed by atoms with Crippen LogP contribution in [0, 0.1) is 11.3 Å². The minimum atomic E-state index is -0.683. The van der Waals surface area contributed by atoms with Crippen molar-refractivity contribution in [3.63, 3.8) is 0 Å². The normalized spacial score (nSPS) is 37.7. The molecule has 3 nitrogen and oxygen atoms in total. The van der Waals surface area contributed by atoms with Gasteiger partial charge in [-0.25, -0.2) is 0 Å². The highest BCUT2D eigenvalue weighted by Gasteiger charge is 2.44. The first-order valence-corrected chi connectivity index (χ1v) is 7.01. The number of aliphatic hydroxyl groups is 3. The number of rotatable bonds is 2. The van der Waals surface area contributed by atoms with Gasteiger partial charge >= 0.3 is 0 Å². The van der Waals surface area contributed by atoms with Gasteiger partial charge in [0.05, 0.1) is 18.3 Å². The summed E-state index contributed by atoms with van der Waals surface area (Å²) in [6.45, 7) is 5.91. The van der Waals surface area contributed by atoms with E-state index in [2.05, 4.69) is 6.92 Å². The van der Waals surface area contributed by atoms with E-state index in [4.69, 9.17) is 0 Å². The molecular formula is C15H26O3. The molecule has 1 saturated carbocycles. The number of aliphatic hydroxyl groups excluding tert-OH is 2. The Hall–Kier alpha value is -0.380. The van der Waals surface area contributed by atoms with Crippen LogP contribution < -0.4 is 0 Å². The highest BCUT2D eigenvalue weighted by Crippen LogP contribution is 2.52. The molecule has 0 amide bonds. The summed E-state index contributed by atoms with van der Waals surface area (Å²) in [6, 6.07) is 0. The van der Waals surface area contributed by atoms with Gasteiger partial charge in [-0.2, -0.15) is 0 Å². The molecule has 104 valence electrons. The first-order chi connectivity index (χ1) is 8.28. The Kier molecular flexibility index (Phi) is 3.60. The lowest BCUT2D eigenvalue weighted by molar-refractivity contribution is -0.00813. The van der Waals surface area contributed by atoms with E-state index < -0.39 is 11.7 Å². The minimum Gasteiger partial charge on any atom is -0.392 e. The molecule has 2 aliphatic carbocycles. The van der Waals surface area contributed by atoms with Gasteiger partial charge in [0.1, 0.15) is 0 Å². The third kappa shape index (κ3) is 2.36. The molecule has 0 aromatic heterocycles. The zero-order valence-corrected chi connectivity index (χ0v) is 11.7. The van der Waals surface area contributed by atoms with Crippen molar-refractivity contribution in [2.24, 2.45) is 11.3 Å². The van der Waals surface area contributed by atoms with E-state index in [1.54, 1.807) is 0 Å². The van der Waals surface area contributed by atoms with Crippen LogP contribution in [0.4, 0.5) is 0 Å². The van der Waals surface area contributed by atoms with Crippen LogP contribution in [0.1, 0.15) is 52.9 Å². The third-order valence-electron chi connectivity index (χ3n) is 5.15. The second kappa shape index (κ2) is 4.62. The molecule has 3 unspecified atom stereocenters. The van der Waals surface area contributed by atoms with Gasteiger partial charge in [0.15, 0.2) is 0 Å². The summed E-state index contributed by atoms with van der Waals surface area (Å²) in [7, 11) is 0. The van der Waals surface area contributed by atoms with Gasteiger partial charge in [-0.1, -0.05) is 12.5 Å². The fourth-order valence-electron chi connectivity index (χ4n) is 3.67. The van der Waals surface area contributed by atoms with E-state index >= 15 is 0 Å². The predicted molar refractivity (Wildman–Crippen MR) is 71.1 cm³/mol. The monoisotopic (exact) mass is 254 g/mol. The van der Waals surface area contributed by atoms with Gasteiger partial charge in [-0.3, -0.25) is 0 Å². The smallest absolute Gasteiger partial charge is 0.0775 e. The highest BCUT2D eigenvalue weighted by molar-refractivity contribution is 5.30. The average molecular weight is 254 g/mol. The van der Waals surface area contributed by atoms with E-state index in [1.807, 2.05) is 13.8 Å². The van der Waals surface area contributed by atoms with Crippen LogP contribution in [0.3, 0.4) is 0 Å². The fraction of sp³-hybridized carbons (Fsp3) is 0.867. The molecule has 0 aromatic carbocycles. The average Bonchev–Trinajstić information content (AvgIpc) is 2.28. The zero-order valence-electron chi connectivity index (χ0n) is 11.7. The van der Waals surface area contributed by atoms with E-state index in [1.165, 1.54) is 5.57 Å². The van der Waals surface area contributed by atoms with Crippen molar-refractivity contribution < 1.29 is 15.3 Å². The second-order valence-corrected chi connectivity index (χ2v) is 6.87. The maximum absolute atomic E-state index is 10.2. The molecule has 0 radical (unpaired) electrons. The van der Waals surface area contributed by atoms with Gasteiger partial charge in [0.25, 0.3) is 0 Å². The molecule has 2 rings (SSSR count). The van der Waals surface area contributed by atoms with Crippen molar-refractivity contribution in [2.45, 2.75) is 64.6 Å². The largest absolute Gasteiger partial charge is 0.392 e. The highest BCUT2D eigenvalue weighted by atomic mass is 16.3. The molecule has 3 heteroatoms. The first-order valence-electron chi connectivity index (χ1n) is 7.01. The quantitative estimate of drug-likeness (QED) is 0.661. The molecule has 3 atom stereocenters. The summed E-state index contributed by atoms with van der Waals surface area (Å²) in [5.74, 6) is 0.229. The standard InChI is InChI=1S/C15H26O3/c1-14(2,18)10-4-6-15(3)7-5-13(17)11(9-16)12(15)8-10/h10,13,16-18H,4-9H2,1-3H3. The summed E-state index contributed by atoms with van der Waals surface area (Å²) >= 11 is 0. The van der Waals surface area contributed by atoms with E-state index in [-0.39, 0.29) is 17.9 Å². The predicted octanol–water partition coefficient (Wildman–Crippen LogP) is 2.01. The van der Waals surface area contributed by atoms with Crippen LogP contribution in [-0.2, 0) is 0 Å². The van der Waals surface area contributed by atoms with Crippen LogP contribution in [0.25, 0.3) is 0 Å². The van der Waals surface area contributed by atoms with E-state index in [0.717, 1.165) is 37.7 Å². The van der Waals surface area contributed by atoms with Gasteiger partial charge in [-0.05, 0) is 62.9 Å². The van der Waals surface area contributed by atoms with Crippen LogP contribution in [0.5, 0.6) is 0 Å². The van der Waals surface area contributed by atoms with Crippen LogP contribution in [0.15, 0.2) is 11.1 Å². The van der Waals surface area contributed by atoms with E-state index in [9.17, 15) is 15.3 Å². The van der Waals surface area contributed by atoms with Gasteiger partial charge in [-0.15, -0.1) is 0 Å². The summed E-state index contributed by atoms with van der Waals surface area (Å²) < 4.78 is 0. The number of hydrogen-bond donors (Lipinski definition) is 3. The molecule has 3 N–H and O–H groups in total. The molecule has 18 heavy (non-hydrogen) atoms. The summed E-state index contributed by atoms with van der Waals surface area (Å²) in [5, 5.41) is 29.7. The molecule has 0 heterocycles. The zero-order chi connectivity index (χ0) is 13.6. The first kappa shape index (κ1) is 14.0. The van der Waals surface area contributed by atoms with Gasteiger partial charge < -0.3 is 15.3 Å². The van der Waals surface area contributed by atoms with Crippen molar-refractivity contribution in [1.29, 1.82) is 0 Å². The maximum atomic E-state index is 10.2. The van der Waals surface area contributed by atoms with Crippen LogP contribution in [0.2, 0.25) is 0 Å². The lowest BCUT2D eigenvalue weighted by Gasteiger charge is -2.48. The lowest BCUT2D eigenvalue weighted by atomic mass is 9.59. The Labute approximate surface area is 110 Å². The number of hydrogen-bond acceptors (Lipinski definition) is 3. The Bertz CT molecular complexity index is 353. The topological polar surface area (TPSA) is 60.7 Å². The molecular weight excluding hydrogens is 228 g/mol. The van der Waals surface area contributed by atoms with Crippen molar-refractivity contribution in [3.8, 4) is 0 Å². The summed E-state index contributed by atoms with van der Waals surface area (Å²) in [4.78, 5) is 0. The second-order valence-electron chi connectivity index (χ2n) is 6.87. The van der Waals surface area contributed by atoms with Gasteiger partial charge in [0, 0.05) is 0 Å². The molecule has 0 aliphatic heterocycles. The van der Waals surface area contributed by atoms with Crippen LogP contribution >= 0.6 is 0 Å². The number of fused-ring (bicyclic) bond motifs is 1. The summed E-state index contributed by atoms with van der Waals surface area (Å²) in [5.41, 5.74) is 1.47. The van der Waals surface area contributed by atoms with Gasteiger partial charge in [0.2, 0.25) is 0 Å². The molecule has 0 saturated heterocycles. The number of allylic oxidation sites excluding steroid dienone is 1.